The highest BCUT2D eigenvalue weighted by molar-refractivity contribution is 6.56. The Kier molecular flexibility index (Phi) is 8.40. The van der Waals surface area contributed by atoms with Crippen LogP contribution < -0.4 is 5.32 Å². The molecule has 0 spiro atoms. The van der Waals surface area contributed by atoms with Gasteiger partial charge in [-0.3, -0.25) is 4.79 Å². The summed E-state index contributed by atoms with van der Waals surface area (Å²) >= 11 is 0. The lowest BCUT2D eigenvalue weighted by molar-refractivity contribution is -0.121. The summed E-state index contributed by atoms with van der Waals surface area (Å²) in [7, 11) is -3.94. The molecule has 0 aromatic carbocycles. The summed E-state index contributed by atoms with van der Waals surface area (Å²) in [6, 6.07) is -0.0577. The zero-order chi connectivity index (χ0) is 12.4. The standard InChI is InChI=1S/C9H21NO5Si/c11-7-3-1-2-5-9(12)10-6-4-8-16(13,14)15/h11,13-15H,1-8H2,(H,10,12). The molecular formula is C9H21NO5Si. The molecule has 1 amide bonds. The van der Waals surface area contributed by atoms with Crippen LogP contribution in [0.25, 0.3) is 0 Å². The summed E-state index contributed by atoms with van der Waals surface area (Å²) < 4.78 is 0. The predicted molar refractivity (Wildman–Crippen MR) is 60.4 cm³/mol. The van der Waals surface area contributed by atoms with Gasteiger partial charge in [-0.1, -0.05) is 6.42 Å². The Labute approximate surface area is 96.3 Å². The van der Waals surface area contributed by atoms with E-state index in [0.717, 1.165) is 12.8 Å². The van der Waals surface area contributed by atoms with Crippen LogP contribution in [0.15, 0.2) is 0 Å². The van der Waals surface area contributed by atoms with E-state index >= 15 is 0 Å². The number of amides is 1. The van der Waals surface area contributed by atoms with Crippen LogP contribution in [-0.4, -0.2) is 47.4 Å². The smallest absolute Gasteiger partial charge is 0.396 e. The van der Waals surface area contributed by atoms with E-state index in [0.29, 0.717) is 25.8 Å². The number of hydrogen-bond donors (Lipinski definition) is 5. The number of nitrogens with one attached hydrogen (secondary N) is 1. The first kappa shape index (κ1) is 15.5. The predicted octanol–water partition coefficient (Wildman–Crippen LogP) is -1.04. The van der Waals surface area contributed by atoms with E-state index in [4.69, 9.17) is 19.5 Å². The van der Waals surface area contributed by atoms with Crippen molar-refractivity contribution < 1.29 is 24.3 Å². The molecule has 0 aliphatic heterocycles. The zero-order valence-electron chi connectivity index (χ0n) is 9.35. The van der Waals surface area contributed by atoms with Crippen LogP contribution in [0.2, 0.25) is 6.04 Å². The lowest BCUT2D eigenvalue weighted by Crippen LogP contribution is -2.35. The molecule has 0 aliphatic rings. The topological polar surface area (TPSA) is 110 Å². The Bertz CT molecular complexity index is 195. The highest BCUT2D eigenvalue weighted by atomic mass is 28.4. The van der Waals surface area contributed by atoms with Crippen LogP contribution in [0, 0.1) is 0 Å². The number of aliphatic hydroxyl groups excluding tert-OH is 1. The van der Waals surface area contributed by atoms with E-state index in [-0.39, 0.29) is 18.6 Å². The average molecular weight is 251 g/mol. The van der Waals surface area contributed by atoms with Gasteiger partial charge in [-0.15, -0.1) is 0 Å². The molecule has 5 N–H and O–H groups in total. The Hall–Kier alpha value is -0.473. The van der Waals surface area contributed by atoms with Crippen molar-refractivity contribution in [2.75, 3.05) is 13.2 Å². The molecule has 0 unspecified atom stereocenters. The first-order valence-corrected chi connectivity index (χ1v) is 7.55. The maximum atomic E-state index is 11.2. The van der Waals surface area contributed by atoms with Crippen LogP contribution >= 0.6 is 0 Å². The SMILES string of the molecule is O=C(CCCCCO)NCCC[Si](O)(O)O. The number of rotatable bonds is 9. The maximum absolute atomic E-state index is 11.2. The summed E-state index contributed by atoms with van der Waals surface area (Å²) in [5, 5.41) is 11.1. The Morgan fingerprint density at radius 2 is 1.75 bits per heavy atom. The van der Waals surface area contributed by atoms with Crippen molar-refractivity contribution in [1.29, 1.82) is 0 Å². The van der Waals surface area contributed by atoms with E-state index < -0.39 is 8.80 Å². The molecule has 0 bridgehead atoms. The molecule has 0 aromatic heterocycles. The third kappa shape index (κ3) is 11.6. The minimum Gasteiger partial charge on any atom is -0.396 e. The molecule has 0 heterocycles. The largest absolute Gasteiger partial charge is 0.492 e. The Balaban J connectivity index is 3.31. The summed E-state index contributed by atoms with van der Waals surface area (Å²) in [5.41, 5.74) is 0. The average Bonchev–Trinajstić information content (AvgIpc) is 2.18. The van der Waals surface area contributed by atoms with Crippen molar-refractivity contribution in [3.63, 3.8) is 0 Å². The summed E-state index contributed by atoms with van der Waals surface area (Å²) in [6.45, 7) is 0.493. The third-order valence-corrected chi connectivity index (χ3v) is 3.10. The minimum atomic E-state index is -3.94. The van der Waals surface area contributed by atoms with Crippen LogP contribution in [0.4, 0.5) is 0 Å². The van der Waals surface area contributed by atoms with Crippen LogP contribution in [0.1, 0.15) is 32.1 Å². The number of carbonyl (C=O) groups is 1. The number of unbranched alkanes of at least 4 members (excludes halogenated alkanes) is 2. The number of aliphatic hydroxyl groups is 1. The van der Waals surface area contributed by atoms with Gasteiger partial charge in [0, 0.05) is 25.6 Å². The zero-order valence-corrected chi connectivity index (χ0v) is 10.4. The quantitative estimate of drug-likeness (QED) is 0.266. The van der Waals surface area contributed by atoms with Gasteiger partial charge in [0.15, 0.2) is 0 Å². The summed E-state index contributed by atoms with van der Waals surface area (Å²) in [6.07, 6.45) is 3.05. The molecule has 0 aromatic rings. The number of hydrogen-bond acceptors (Lipinski definition) is 5. The lowest BCUT2D eigenvalue weighted by Gasteiger charge is -2.09. The van der Waals surface area contributed by atoms with Crippen molar-refractivity contribution in [3.8, 4) is 0 Å². The fourth-order valence-corrected chi connectivity index (χ4v) is 1.87. The van der Waals surface area contributed by atoms with Gasteiger partial charge in [-0.05, 0) is 19.3 Å². The minimum absolute atomic E-state index is 0.0577. The van der Waals surface area contributed by atoms with Gasteiger partial charge in [0.1, 0.15) is 0 Å². The van der Waals surface area contributed by atoms with Gasteiger partial charge in [0.2, 0.25) is 5.91 Å². The second-order valence-electron chi connectivity index (χ2n) is 3.76. The van der Waals surface area contributed by atoms with Gasteiger partial charge in [0.25, 0.3) is 0 Å². The van der Waals surface area contributed by atoms with Gasteiger partial charge in [-0.25, -0.2) is 0 Å². The molecule has 0 aliphatic carbocycles. The van der Waals surface area contributed by atoms with E-state index in [1.54, 1.807) is 0 Å². The fraction of sp³-hybridized carbons (Fsp3) is 0.889. The Morgan fingerprint density at radius 1 is 1.06 bits per heavy atom. The molecule has 96 valence electrons. The monoisotopic (exact) mass is 251 g/mol. The molecular weight excluding hydrogens is 230 g/mol. The van der Waals surface area contributed by atoms with Gasteiger partial charge < -0.3 is 24.8 Å². The van der Waals surface area contributed by atoms with E-state index in [1.807, 2.05) is 0 Å². The molecule has 0 fully saturated rings. The van der Waals surface area contributed by atoms with Crippen molar-refractivity contribution in [2.45, 2.75) is 38.1 Å². The van der Waals surface area contributed by atoms with Crippen LogP contribution in [0.5, 0.6) is 0 Å². The molecule has 0 rings (SSSR count). The fourth-order valence-electron chi connectivity index (χ4n) is 1.22. The first-order chi connectivity index (χ1) is 7.45. The Morgan fingerprint density at radius 3 is 2.31 bits per heavy atom. The van der Waals surface area contributed by atoms with Gasteiger partial charge in [-0.2, -0.15) is 0 Å². The second-order valence-corrected chi connectivity index (χ2v) is 5.81. The van der Waals surface area contributed by atoms with Gasteiger partial charge in [0.05, 0.1) is 0 Å². The van der Waals surface area contributed by atoms with Crippen LogP contribution in [-0.2, 0) is 4.79 Å². The molecule has 16 heavy (non-hydrogen) atoms. The normalized spacial score (nSPS) is 11.5. The molecule has 0 atom stereocenters. The molecule has 0 saturated carbocycles. The van der Waals surface area contributed by atoms with Gasteiger partial charge >= 0.3 is 8.80 Å². The molecule has 0 saturated heterocycles. The van der Waals surface area contributed by atoms with Crippen molar-refractivity contribution in [3.05, 3.63) is 0 Å². The first-order valence-electron chi connectivity index (χ1n) is 5.50. The molecule has 7 heteroatoms. The van der Waals surface area contributed by atoms with Crippen molar-refractivity contribution in [2.24, 2.45) is 0 Å². The van der Waals surface area contributed by atoms with E-state index in [2.05, 4.69) is 5.32 Å². The lowest BCUT2D eigenvalue weighted by atomic mass is 10.2. The molecule has 6 nitrogen and oxygen atoms in total. The van der Waals surface area contributed by atoms with Crippen molar-refractivity contribution >= 4 is 14.7 Å². The highest BCUT2D eigenvalue weighted by Gasteiger charge is 2.25. The number of carbonyl (C=O) groups excluding carboxylic acids is 1. The van der Waals surface area contributed by atoms with Crippen molar-refractivity contribution in [1.82, 2.24) is 5.32 Å². The third-order valence-electron chi connectivity index (χ3n) is 2.07. The van der Waals surface area contributed by atoms with Crippen LogP contribution in [0.3, 0.4) is 0 Å². The van der Waals surface area contributed by atoms with E-state index in [1.165, 1.54) is 0 Å². The maximum Gasteiger partial charge on any atom is 0.492 e. The molecule has 0 radical (unpaired) electrons. The second kappa shape index (κ2) is 8.65. The summed E-state index contributed by atoms with van der Waals surface area (Å²) in [5.74, 6) is -0.0842. The highest BCUT2D eigenvalue weighted by Crippen LogP contribution is 2.01. The summed E-state index contributed by atoms with van der Waals surface area (Å²) in [4.78, 5) is 37.3. The van der Waals surface area contributed by atoms with E-state index in [9.17, 15) is 4.79 Å².